The second-order valence-electron chi connectivity index (χ2n) is 4.98. The topological polar surface area (TPSA) is 29.9 Å². The van der Waals surface area contributed by atoms with Gasteiger partial charge in [-0.1, -0.05) is 31.9 Å². The van der Waals surface area contributed by atoms with Gasteiger partial charge in [0.2, 0.25) is 0 Å². The van der Waals surface area contributed by atoms with Crippen molar-refractivity contribution in [3.8, 4) is 0 Å². The van der Waals surface area contributed by atoms with Crippen molar-refractivity contribution in [2.24, 2.45) is 5.92 Å². The first-order valence-electron chi connectivity index (χ1n) is 6.50. The number of aromatic nitrogens is 2. The summed E-state index contributed by atoms with van der Waals surface area (Å²) in [5, 5.41) is 8.56. The third-order valence-corrected chi connectivity index (χ3v) is 3.05. The van der Waals surface area contributed by atoms with E-state index in [-0.39, 0.29) is 0 Å². The molecule has 0 atom stereocenters. The minimum absolute atomic E-state index is 0.740. The number of nitrogens with zero attached hydrogens (tertiary/aromatic N) is 2. The second kappa shape index (κ2) is 7.72. The predicted molar refractivity (Wildman–Crippen MR) is 73.5 cm³/mol. The minimum atomic E-state index is 0.740. The Morgan fingerprint density at radius 3 is 2.71 bits per heavy atom. The second-order valence-corrected chi connectivity index (χ2v) is 5.39. The van der Waals surface area contributed by atoms with Gasteiger partial charge in [0.15, 0.2) is 0 Å². The molecule has 1 aromatic heterocycles. The Bertz CT molecular complexity index is 301. The van der Waals surface area contributed by atoms with E-state index in [0.717, 1.165) is 36.3 Å². The molecule has 1 rings (SSSR count). The molecular formula is C13H24ClN3. The molecule has 98 valence electrons. The fraction of sp³-hybridized carbons (Fsp3) is 0.769. The highest BCUT2D eigenvalue weighted by Crippen LogP contribution is 2.12. The van der Waals surface area contributed by atoms with E-state index in [9.17, 15) is 0 Å². The highest BCUT2D eigenvalue weighted by Gasteiger charge is 2.01. The molecule has 1 N–H and O–H groups in total. The van der Waals surface area contributed by atoms with Crippen LogP contribution in [-0.4, -0.2) is 22.9 Å². The molecule has 1 aromatic rings. The predicted octanol–water partition coefficient (Wildman–Crippen LogP) is 3.26. The summed E-state index contributed by atoms with van der Waals surface area (Å²) in [7, 11) is 0. The maximum Gasteiger partial charge on any atom is 0.0814 e. The summed E-state index contributed by atoms with van der Waals surface area (Å²) < 4.78 is 1.94. The van der Waals surface area contributed by atoms with Gasteiger partial charge in [-0.05, 0) is 38.8 Å². The molecule has 0 aliphatic carbocycles. The van der Waals surface area contributed by atoms with Crippen LogP contribution in [0.25, 0.3) is 0 Å². The van der Waals surface area contributed by atoms with Gasteiger partial charge in [0.1, 0.15) is 0 Å². The van der Waals surface area contributed by atoms with Gasteiger partial charge in [0, 0.05) is 12.7 Å². The monoisotopic (exact) mass is 257 g/mol. The molecule has 0 aliphatic rings. The van der Waals surface area contributed by atoms with Gasteiger partial charge in [-0.2, -0.15) is 5.10 Å². The lowest BCUT2D eigenvalue weighted by Crippen LogP contribution is -2.20. The van der Waals surface area contributed by atoms with Crippen LogP contribution >= 0.6 is 11.6 Å². The first kappa shape index (κ1) is 14.5. The average Bonchev–Trinajstić information content (AvgIpc) is 2.56. The quantitative estimate of drug-likeness (QED) is 0.725. The highest BCUT2D eigenvalue weighted by molar-refractivity contribution is 6.31. The van der Waals surface area contributed by atoms with Crippen molar-refractivity contribution in [2.75, 3.05) is 13.1 Å². The maximum absolute atomic E-state index is 5.95. The van der Waals surface area contributed by atoms with Crippen LogP contribution in [0.1, 0.15) is 38.8 Å². The molecular weight excluding hydrogens is 234 g/mol. The van der Waals surface area contributed by atoms with Crippen LogP contribution in [0.5, 0.6) is 0 Å². The van der Waals surface area contributed by atoms with Crippen LogP contribution in [0.2, 0.25) is 5.02 Å². The summed E-state index contributed by atoms with van der Waals surface area (Å²) in [5.41, 5.74) is 0.922. The first-order valence-corrected chi connectivity index (χ1v) is 6.87. The van der Waals surface area contributed by atoms with Crippen LogP contribution in [0.15, 0.2) is 6.20 Å². The van der Waals surface area contributed by atoms with Gasteiger partial charge in [-0.3, -0.25) is 4.68 Å². The first-order chi connectivity index (χ1) is 8.09. The SMILES string of the molecule is Cc1nn(CCCCCNCC(C)C)cc1Cl. The van der Waals surface area contributed by atoms with Crippen molar-refractivity contribution in [1.82, 2.24) is 15.1 Å². The van der Waals surface area contributed by atoms with Crippen molar-refractivity contribution in [2.45, 2.75) is 46.6 Å². The molecule has 0 aromatic carbocycles. The molecule has 1 heterocycles. The summed E-state index contributed by atoms with van der Waals surface area (Å²) in [5.74, 6) is 0.740. The number of hydrogen-bond acceptors (Lipinski definition) is 2. The van der Waals surface area contributed by atoms with E-state index in [1.807, 2.05) is 17.8 Å². The Hall–Kier alpha value is -0.540. The van der Waals surface area contributed by atoms with Gasteiger partial charge in [-0.15, -0.1) is 0 Å². The van der Waals surface area contributed by atoms with Crippen LogP contribution < -0.4 is 5.32 Å². The van der Waals surface area contributed by atoms with E-state index in [4.69, 9.17) is 11.6 Å². The van der Waals surface area contributed by atoms with E-state index >= 15 is 0 Å². The van der Waals surface area contributed by atoms with Crippen LogP contribution in [-0.2, 0) is 6.54 Å². The van der Waals surface area contributed by atoms with Crippen molar-refractivity contribution < 1.29 is 0 Å². The van der Waals surface area contributed by atoms with E-state index < -0.39 is 0 Å². The molecule has 0 amide bonds. The van der Waals surface area contributed by atoms with E-state index in [2.05, 4.69) is 24.3 Å². The van der Waals surface area contributed by atoms with Crippen LogP contribution in [0.3, 0.4) is 0 Å². The number of rotatable bonds is 8. The summed E-state index contributed by atoms with van der Waals surface area (Å²) in [6.07, 6.45) is 5.55. The fourth-order valence-corrected chi connectivity index (χ4v) is 1.85. The molecule has 0 unspecified atom stereocenters. The lowest BCUT2D eigenvalue weighted by Gasteiger charge is -2.07. The summed E-state index contributed by atoms with van der Waals surface area (Å²) in [6, 6.07) is 0. The Labute approximate surface area is 110 Å². The third kappa shape index (κ3) is 6.08. The van der Waals surface area contributed by atoms with Crippen LogP contribution in [0, 0.1) is 12.8 Å². The van der Waals surface area contributed by atoms with Gasteiger partial charge >= 0.3 is 0 Å². The molecule has 17 heavy (non-hydrogen) atoms. The standard InChI is InChI=1S/C13H24ClN3/c1-11(2)9-15-7-5-4-6-8-17-10-13(14)12(3)16-17/h10-11,15H,4-9H2,1-3H3. The Kier molecular flexibility index (Phi) is 6.60. The van der Waals surface area contributed by atoms with Gasteiger partial charge in [0.05, 0.1) is 10.7 Å². The Balaban J connectivity index is 2.01. The Morgan fingerprint density at radius 1 is 1.35 bits per heavy atom. The van der Waals surface area contributed by atoms with Crippen molar-refractivity contribution in [1.29, 1.82) is 0 Å². The molecule has 0 bridgehead atoms. The molecule has 0 aliphatic heterocycles. The minimum Gasteiger partial charge on any atom is -0.316 e. The molecule has 3 nitrogen and oxygen atoms in total. The van der Waals surface area contributed by atoms with Crippen molar-refractivity contribution in [3.63, 3.8) is 0 Å². The normalized spacial score (nSPS) is 11.4. The van der Waals surface area contributed by atoms with Crippen molar-refractivity contribution >= 4 is 11.6 Å². The zero-order valence-corrected chi connectivity index (χ0v) is 11.9. The smallest absolute Gasteiger partial charge is 0.0814 e. The molecule has 0 saturated carbocycles. The molecule has 0 fully saturated rings. The molecule has 0 radical (unpaired) electrons. The van der Waals surface area contributed by atoms with Gasteiger partial charge < -0.3 is 5.32 Å². The van der Waals surface area contributed by atoms with Gasteiger partial charge in [-0.25, -0.2) is 0 Å². The van der Waals surface area contributed by atoms with Gasteiger partial charge in [0.25, 0.3) is 0 Å². The number of hydrogen-bond donors (Lipinski definition) is 1. The molecule has 0 spiro atoms. The lowest BCUT2D eigenvalue weighted by molar-refractivity contribution is 0.505. The van der Waals surface area contributed by atoms with E-state index in [0.29, 0.717) is 0 Å². The summed E-state index contributed by atoms with van der Waals surface area (Å²) in [4.78, 5) is 0. The average molecular weight is 258 g/mol. The third-order valence-electron chi connectivity index (χ3n) is 2.68. The van der Waals surface area contributed by atoms with Crippen molar-refractivity contribution in [3.05, 3.63) is 16.9 Å². The van der Waals surface area contributed by atoms with E-state index in [1.54, 1.807) is 0 Å². The lowest BCUT2D eigenvalue weighted by atomic mass is 10.2. The molecule has 0 saturated heterocycles. The number of aryl methyl sites for hydroxylation is 2. The zero-order chi connectivity index (χ0) is 12.7. The number of nitrogens with one attached hydrogen (secondary N) is 1. The zero-order valence-electron chi connectivity index (χ0n) is 11.2. The number of halogens is 1. The Morgan fingerprint density at radius 2 is 2.12 bits per heavy atom. The fourth-order valence-electron chi connectivity index (χ4n) is 1.70. The van der Waals surface area contributed by atoms with Crippen LogP contribution in [0.4, 0.5) is 0 Å². The molecule has 4 heteroatoms. The largest absolute Gasteiger partial charge is 0.316 e. The number of unbranched alkanes of at least 4 members (excludes halogenated alkanes) is 2. The van der Waals surface area contributed by atoms with E-state index in [1.165, 1.54) is 19.3 Å². The summed E-state index contributed by atoms with van der Waals surface area (Å²) >= 11 is 5.95. The maximum atomic E-state index is 5.95. The highest BCUT2D eigenvalue weighted by atomic mass is 35.5. The summed E-state index contributed by atoms with van der Waals surface area (Å²) in [6.45, 7) is 9.62.